The molecule has 0 spiro atoms. The lowest BCUT2D eigenvalue weighted by Gasteiger charge is -2.40. The summed E-state index contributed by atoms with van der Waals surface area (Å²) in [5.74, 6) is 0.551. The van der Waals surface area contributed by atoms with Gasteiger partial charge in [-0.3, -0.25) is 0 Å². The van der Waals surface area contributed by atoms with Crippen molar-refractivity contribution in [3.8, 4) is 11.3 Å². The van der Waals surface area contributed by atoms with Crippen molar-refractivity contribution in [2.24, 2.45) is 0 Å². The van der Waals surface area contributed by atoms with Crippen molar-refractivity contribution in [3.05, 3.63) is 30.9 Å². The lowest BCUT2D eigenvalue weighted by atomic mass is 9.78. The standard InChI is InChI=1S/C13H16N4/c1-13(5-2-6-13)17-9-15-8-11(17)10-3-4-12(14)16-7-10/h3-4,7-9H,2,5-6H2,1H3,(H2,14,16). The van der Waals surface area contributed by atoms with E-state index in [9.17, 15) is 0 Å². The average molecular weight is 228 g/mol. The van der Waals surface area contributed by atoms with Gasteiger partial charge in [0.15, 0.2) is 0 Å². The fourth-order valence-electron chi connectivity index (χ4n) is 2.42. The molecular formula is C13H16N4. The number of anilines is 1. The summed E-state index contributed by atoms with van der Waals surface area (Å²) in [6.07, 6.45) is 9.37. The Kier molecular flexibility index (Phi) is 2.18. The van der Waals surface area contributed by atoms with E-state index in [0.717, 1.165) is 11.3 Å². The summed E-state index contributed by atoms with van der Waals surface area (Å²) in [6.45, 7) is 2.28. The Hall–Kier alpha value is -1.84. The molecule has 0 atom stereocenters. The normalized spacial score (nSPS) is 17.7. The van der Waals surface area contributed by atoms with Crippen LogP contribution in [0, 0.1) is 0 Å². The molecule has 2 aromatic heterocycles. The third-order valence-electron chi connectivity index (χ3n) is 3.73. The van der Waals surface area contributed by atoms with Crippen molar-refractivity contribution in [2.45, 2.75) is 31.7 Å². The molecule has 0 unspecified atom stereocenters. The first kappa shape index (κ1) is 10.3. The summed E-state index contributed by atoms with van der Waals surface area (Å²) >= 11 is 0. The average Bonchev–Trinajstić information content (AvgIpc) is 2.76. The minimum absolute atomic E-state index is 0.229. The van der Waals surface area contributed by atoms with E-state index in [0.29, 0.717) is 5.82 Å². The van der Waals surface area contributed by atoms with Crippen molar-refractivity contribution in [1.29, 1.82) is 0 Å². The van der Waals surface area contributed by atoms with Crippen LogP contribution in [-0.2, 0) is 5.54 Å². The number of hydrogen-bond donors (Lipinski definition) is 1. The summed E-state index contributed by atoms with van der Waals surface area (Å²) in [6, 6.07) is 3.83. The Labute approximate surface area is 101 Å². The van der Waals surface area contributed by atoms with Crippen molar-refractivity contribution in [1.82, 2.24) is 14.5 Å². The highest BCUT2D eigenvalue weighted by molar-refractivity contribution is 5.59. The minimum Gasteiger partial charge on any atom is -0.384 e. The highest BCUT2D eigenvalue weighted by Gasteiger charge is 2.34. The molecule has 0 bridgehead atoms. The van der Waals surface area contributed by atoms with Gasteiger partial charge in [-0.25, -0.2) is 9.97 Å². The zero-order chi connectivity index (χ0) is 11.9. The number of nitrogen functional groups attached to an aromatic ring is 1. The third-order valence-corrected chi connectivity index (χ3v) is 3.73. The number of aromatic nitrogens is 3. The van der Waals surface area contributed by atoms with E-state index < -0.39 is 0 Å². The maximum atomic E-state index is 5.61. The van der Waals surface area contributed by atoms with Gasteiger partial charge in [-0.2, -0.15) is 0 Å². The number of nitrogens with zero attached hydrogens (tertiary/aromatic N) is 3. The predicted molar refractivity (Wildman–Crippen MR) is 67.4 cm³/mol. The molecule has 2 aromatic rings. The van der Waals surface area contributed by atoms with Gasteiger partial charge in [-0.05, 0) is 38.3 Å². The van der Waals surface area contributed by atoms with E-state index in [4.69, 9.17) is 5.73 Å². The van der Waals surface area contributed by atoms with Gasteiger partial charge in [0.2, 0.25) is 0 Å². The smallest absolute Gasteiger partial charge is 0.123 e. The number of imidazole rings is 1. The quantitative estimate of drug-likeness (QED) is 0.858. The summed E-state index contributed by atoms with van der Waals surface area (Å²) < 4.78 is 2.27. The largest absolute Gasteiger partial charge is 0.384 e. The van der Waals surface area contributed by atoms with Crippen LogP contribution in [0.2, 0.25) is 0 Å². The number of nitrogens with two attached hydrogens (primary N) is 1. The van der Waals surface area contributed by atoms with E-state index in [-0.39, 0.29) is 5.54 Å². The Morgan fingerprint density at radius 3 is 2.71 bits per heavy atom. The zero-order valence-electron chi connectivity index (χ0n) is 9.93. The molecule has 2 N–H and O–H groups in total. The summed E-state index contributed by atoms with van der Waals surface area (Å²) in [5, 5.41) is 0. The van der Waals surface area contributed by atoms with E-state index in [1.54, 1.807) is 0 Å². The van der Waals surface area contributed by atoms with Crippen LogP contribution in [-0.4, -0.2) is 14.5 Å². The molecule has 4 heteroatoms. The molecule has 88 valence electrons. The van der Waals surface area contributed by atoms with Gasteiger partial charge in [0.25, 0.3) is 0 Å². The van der Waals surface area contributed by atoms with Gasteiger partial charge < -0.3 is 10.3 Å². The molecule has 0 amide bonds. The third kappa shape index (κ3) is 1.60. The van der Waals surface area contributed by atoms with Crippen molar-refractivity contribution in [2.75, 3.05) is 5.73 Å². The molecule has 0 aromatic carbocycles. The predicted octanol–water partition coefficient (Wildman–Crippen LogP) is 2.43. The summed E-state index contributed by atoms with van der Waals surface area (Å²) in [7, 11) is 0. The maximum absolute atomic E-state index is 5.61. The monoisotopic (exact) mass is 228 g/mol. The Morgan fingerprint density at radius 1 is 1.29 bits per heavy atom. The summed E-state index contributed by atoms with van der Waals surface area (Å²) in [4.78, 5) is 8.41. The first-order valence-electron chi connectivity index (χ1n) is 5.94. The lowest BCUT2D eigenvalue weighted by Crippen LogP contribution is -2.37. The second kappa shape index (κ2) is 3.58. The van der Waals surface area contributed by atoms with Gasteiger partial charge in [-0.15, -0.1) is 0 Å². The van der Waals surface area contributed by atoms with Gasteiger partial charge in [0, 0.05) is 17.3 Å². The van der Waals surface area contributed by atoms with E-state index in [1.807, 2.05) is 30.9 Å². The van der Waals surface area contributed by atoms with Crippen LogP contribution in [0.15, 0.2) is 30.9 Å². The topological polar surface area (TPSA) is 56.7 Å². The number of rotatable bonds is 2. The Bertz CT molecular complexity index is 523. The molecule has 1 fully saturated rings. The van der Waals surface area contributed by atoms with Crippen LogP contribution in [0.25, 0.3) is 11.3 Å². The molecule has 0 aliphatic heterocycles. The van der Waals surface area contributed by atoms with Crippen LogP contribution in [0.3, 0.4) is 0 Å². The Balaban J connectivity index is 2.04. The van der Waals surface area contributed by atoms with Crippen LogP contribution in [0.4, 0.5) is 5.82 Å². The molecule has 3 rings (SSSR count). The minimum atomic E-state index is 0.229. The highest BCUT2D eigenvalue weighted by atomic mass is 15.1. The molecule has 1 aliphatic rings. The van der Waals surface area contributed by atoms with Crippen molar-refractivity contribution >= 4 is 5.82 Å². The molecule has 4 nitrogen and oxygen atoms in total. The second-order valence-corrected chi connectivity index (χ2v) is 4.97. The lowest BCUT2D eigenvalue weighted by molar-refractivity contribution is 0.170. The van der Waals surface area contributed by atoms with Gasteiger partial charge in [0.1, 0.15) is 5.82 Å². The molecule has 1 aliphatic carbocycles. The highest BCUT2D eigenvalue weighted by Crippen LogP contribution is 2.41. The first-order chi connectivity index (χ1) is 8.19. The van der Waals surface area contributed by atoms with Gasteiger partial charge in [0.05, 0.1) is 18.2 Å². The van der Waals surface area contributed by atoms with Crippen LogP contribution < -0.4 is 5.73 Å². The van der Waals surface area contributed by atoms with E-state index in [1.165, 1.54) is 19.3 Å². The van der Waals surface area contributed by atoms with E-state index >= 15 is 0 Å². The van der Waals surface area contributed by atoms with E-state index in [2.05, 4.69) is 21.5 Å². The van der Waals surface area contributed by atoms with Crippen molar-refractivity contribution < 1.29 is 0 Å². The van der Waals surface area contributed by atoms with Crippen LogP contribution >= 0.6 is 0 Å². The zero-order valence-corrected chi connectivity index (χ0v) is 9.93. The number of hydrogen-bond acceptors (Lipinski definition) is 3. The van der Waals surface area contributed by atoms with Crippen molar-refractivity contribution in [3.63, 3.8) is 0 Å². The van der Waals surface area contributed by atoms with Gasteiger partial charge in [-0.1, -0.05) is 0 Å². The number of pyridine rings is 1. The SMILES string of the molecule is CC1(n2cncc2-c2ccc(N)nc2)CCC1. The second-order valence-electron chi connectivity index (χ2n) is 4.97. The molecule has 17 heavy (non-hydrogen) atoms. The molecule has 0 radical (unpaired) electrons. The fourth-order valence-corrected chi connectivity index (χ4v) is 2.42. The van der Waals surface area contributed by atoms with Crippen LogP contribution in [0.5, 0.6) is 0 Å². The van der Waals surface area contributed by atoms with Gasteiger partial charge >= 0.3 is 0 Å². The first-order valence-corrected chi connectivity index (χ1v) is 5.94. The Morgan fingerprint density at radius 2 is 2.12 bits per heavy atom. The fraction of sp³-hybridized carbons (Fsp3) is 0.385. The van der Waals surface area contributed by atoms with Crippen LogP contribution in [0.1, 0.15) is 26.2 Å². The molecular weight excluding hydrogens is 212 g/mol. The summed E-state index contributed by atoms with van der Waals surface area (Å²) in [5.41, 5.74) is 8.04. The maximum Gasteiger partial charge on any atom is 0.123 e. The molecule has 0 saturated heterocycles. The molecule has 2 heterocycles. The molecule has 1 saturated carbocycles.